The largest absolute Gasteiger partial charge is 0.426 e. The van der Waals surface area contributed by atoms with Crippen LogP contribution in [0.2, 0.25) is 0 Å². The van der Waals surface area contributed by atoms with Gasteiger partial charge in [0.25, 0.3) is 5.91 Å². The third kappa shape index (κ3) is 3.62. The highest BCUT2D eigenvalue weighted by Crippen LogP contribution is 2.56. The van der Waals surface area contributed by atoms with E-state index in [2.05, 4.69) is 5.16 Å². The number of aromatic nitrogens is 1. The monoisotopic (exact) mass is 454 g/mol. The Labute approximate surface area is 176 Å². The third-order valence-electron chi connectivity index (χ3n) is 5.64. The lowest BCUT2D eigenvalue weighted by molar-refractivity contribution is -0.253. The summed E-state index contributed by atoms with van der Waals surface area (Å²) in [5, 5.41) is 15.8. The number of anilines is 1. The Morgan fingerprint density at radius 2 is 1.91 bits per heavy atom. The van der Waals surface area contributed by atoms with Crippen LogP contribution >= 0.6 is 0 Å². The first-order valence-corrected chi connectivity index (χ1v) is 9.41. The van der Waals surface area contributed by atoms with Crippen LogP contribution < -0.4 is 10.7 Å². The van der Waals surface area contributed by atoms with Gasteiger partial charge in [0.1, 0.15) is 6.20 Å². The number of carbonyl (C=O) groups is 1. The fourth-order valence-corrected chi connectivity index (χ4v) is 3.72. The number of benzene rings is 2. The van der Waals surface area contributed by atoms with Gasteiger partial charge in [-0.1, -0.05) is 17.3 Å². The van der Waals surface area contributed by atoms with Crippen LogP contribution in [0.4, 0.5) is 27.6 Å². The summed E-state index contributed by atoms with van der Waals surface area (Å²) < 4.78 is 74.4. The minimum atomic E-state index is -5.42. The van der Waals surface area contributed by atoms with Crippen molar-refractivity contribution >= 4 is 22.6 Å². The van der Waals surface area contributed by atoms with Gasteiger partial charge in [-0.2, -0.15) is 13.2 Å². The fraction of sp³-hybridized carbons (Fsp3) is 0.286. The van der Waals surface area contributed by atoms with Crippen LogP contribution in [-0.2, 0) is 10.2 Å². The first-order valence-electron chi connectivity index (χ1n) is 9.41. The lowest BCUT2D eigenvalue weighted by Crippen LogP contribution is -2.56. The molecule has 4 rings (SSSR count). The predicted molar refractivity (Wildman–Crippen MR) is 102 cm³/mol. The molecule has 1 aliphatic rings. The second-order valence-corrected chi connectivity index (χ2v) is 7.77. The van der Waals surface area contributed by atoms with E-state index in [0.29, 0.717) is 0 Å². The zero-order valence-corrected chi connectivity index (χ0v) is 16.2. The maximum Gasteiger partial charge on any atom is 0.426 e. The van der Waals surface area contributed by atoms with Gasteiger partial charge < -0.3 is 14.9 Å². The van der Waals surface area contributed by atoms with E-state index in [9.17, 15) is 36.6 Å². The van der Waals surface area contributed by atoms with Crippen molar-refractivity contribution in [3.05, 3.63) is 70.0 Å². The number of alkyl halides is 3. The molecule has 1 saturated carbocycles. The maximum absolute atomic E-state index is 14.3. The van der Waals surface area contributed by atoms with E-state index < -0.39 is 46.6 Å². The summed E-state index contributed by atoms with van der Waals surface area (Å²) in [6, 6.07) is 6.57. The van der Waals surface area contributed by atoms with Crippen molar-refractivity contribution in [1.82, 2.24) is 5.16 Å². The Hall–Kier alpha value is -3.34. The molecule has 0 radical (unpaired) electrons. The zero-order chi connectivity index (χ0) is 23.3. The van der Waals surface area contributed by atoms with Crippen LogP contribution in [0, 0.1) is 11.6 Å². The summed E-state index contributed by atoms with van der Waals surface area (Å²) >= 11 is 0. The van der Waals surface area contributed by atoms with Gasteiger partial charge in [0.2, 0.25) is 11.0 Å². The highest BCUT2D eigenvalue weighted by molar-refractivity contribution is 5.99. The van der Waals surface area contributed by atoms with Crippen molar-refractivity contribution in [2.45, 2.75) is 36.5 Å². The second-order valence-electron chi connectivity index (χ2n) is 7.77. The molecule has 3 aromatic rings. The fourth-order valence-electron chi connectivity index (χ4n) is 3.72. The van der Waals surface area contributed by atoms with Crippen molar-refractivity contribution in [1.29, 1.82) is 0 Å². The second kappa shape index (κ2) is 7.37. The number of aliphatic hydroxyl groups is 1. The lowest BCUT2D eigenvalue weighted by Gasteiger charge is -2.33. The molecule has 6 nitrogen and oxygen atoms in total. The highest BCUT2D eigenvalue weighted by atomic mass is 19.4. The topological polar surface area (TPSA) is 92.4 Å². The smallest absolute Gasteiger partial charge is 0.373 e. The molecule has 0 aliphatic heterocycles. The Balaban J connectivity index is 1.68. The first kappa shape index (κ1) is 21.9. The van der Waals surface area contributed by atoms with Crippen LogP contribution in [-0.4, -0.2) is 27.9 Å². The molecule has 1 fully saturated rings. The van der Waals surface area contributed by atoms with Crippen molar-refractivity contribution in [3.8, 4) is 0 Å². The van der Waals surface area contributed by atoms with Gasteiger partial charge in [-0.3, -0.25) is 9.59 Å². The Kier molecular flexibility index (Phi) is 5.04. The van der Waals surface area contributed by atoms with E-state index in [4.69, 9.17) is 4.52 Å². The number of hydrogen-bond donors (Lipinski definition) is 2. The number of nitrogens with zero attached hydrogens (tertiary/aromatic N) is 1. The number of amides is 1. The van der Waals surface area contributed by atoms with Gasteiger partial charge in [0.15, 0.2) is 17.2 Å². The third-order valence-corrected chi connectivity index (χ3v) is 5.64. The number of carbonyl (C=O) groups excluding carboxylic acids is 1. The Morgan fingerprint density at radius 1 is 1.19 bits per heavy atom. The molecule has 0 saturated heterocycles. The summed E-state index contributed by atoms with van der Waals surface area (Å²) in [7, 11) is 0. The van der Waals surface area contributed by atoms with Crippen LogP contribution in [0.25, 0.3) is 11.0 Å². The van der Waals surface area contributed by atoms with Crippen LogP contribution in [0.15, 0.2) is 51.9 Å². The molecular formula is C21H15F5N2O4. The normalized spacial score (nSPS) is 17.1. The number of halogens is 5. The molecule has 1 heterocycles. The van der Waals surface area contributed by atoms with Gasteiger partial charge in [0, 0.05) is 17.5 Å². The van der Waals surface area contributed by atoms with Crippen molar-refractivity contribution in [3.63, 3.8) is 0 Å². The summed E-state index contributed by atoms with van der Waals surface area (Å²) in [5.74, 6) is -4.37. The zero-order valence-electron chi connectivity index (χ0n) is 16.2. The summed E-state index contributed by atoms with van der Waals surface area (Å²) in [4.78, 5) is 24.5. The minimum absolute atomic E-state index is 0.0308. The van der Waals surface area contributed by atoms with Crippen LogP contribution in [0.3, 0.4) is 0 Å². The van der Waals surface area contributed by atoms with E-state index in [0.717, 1.165) is 30.5 Å². The minimum Gasteiger partial charge on any atom is -0.373 e. The average Bonchev–Trinajstić information content (AvgIpc) is 3.50. The molecule has 11 heteroatoms. The molecule has 1 aromatic heterocycles. The van der Waals surface area contributed by atoms with E-state index in [-0.39, 0.29) is 35.1 Å². The molecule has 1 aliphatic carbocycles. The van der Waals surface area contributed by atoms with Gasteiger partial charge in [-0.05, 0) is 42.7 Å². The molecule has 0 bridgehead atoms. The van der Waals surface area contributed by atoms with Gasteiger partial charge in [0.05, 0.1) is 5.39 Å². The molecule has 32 heavy (non-hydrogen) atoms. The summed E-state index contributed by atoms with van der Waals surface area (Å²) in [6.45, 7) is 0. The van der Waals surface area contributed by atoms with Crippen molar-refractivity contribution in [2.75, 3.05) is 5.32 Å². The van der Waals surface area contributed by atoms with Crippen molar-refractivity contribution < 1.29 is 36.4 Å². The maximum atomic E-state index is 14.3. The summed E-state index contributed by atoms with van der Waals surface area (Å²) in [6.07, 6.45) is -5.71. The lowest BCUT2D eigenvalue weighted by atomic mass is 9.81. The molecule has 1 unspecified atom stereocenters. The highest BCUT2D eigenvalue weighted by Gasteiger charge is 2.65. The first-order chi connectivity index (χ1) is 15.0. The van der Waals surface area contributed by atoms with Gasteiger partial charge in [-0.15, -0.1) is 0 Å². The summed E-state index contributed by atoms with van der Waals surface area (Å²) in [5.41, 5.74) is -6.54. The molecule has 2 N–H and O–H groups in total. The standard InChI is InChI=1S/C21H15F5N2O4/c22-14-3-1-2-13(17(14)23)19(6-7-19)10-20(31,21(24,25)26)18(30)28-11-4-5-16-12(8-11)15(29)9-27-32-16/h1-5,8-9,31H,6-7,10H2,(H,28,30). The van der Waals surface area contributed by atoms with Gasteiger partial charge in [-0.25, -0.2) is 8.78 Å². The quantitative estimate of drug-likeness (QED) is 0.572. The van der Waals surface area contributed by atoms with Crippen LogP contribution in [0.1, 0.15) is 24.8 Å². The Bertz CT molecular complexity index is 1270. The number of nitrogens with one attached hydrogen (secondary N) is 1. The molecular weight excluding hydrogens is 439 g/mol. The molecule has 0 spiro atoms. The Morgan fingerprint density at radius 3 is 2.56 bits per heavy atom. The van der Waals surface area contributed by atoms with E-state index in [1.54, 1.807) is 0 Å². The number of fused-ring (bicyclic) bond motifs is 1. The van der Waals surface area contributed by atoms with E-state index >= 15 is 0 Å². The van der Waals surface area contributed by atoms with Crippen LogP contribution in [0.5, 0.6) is 0 Å². The number of rotatable bonds is 5. The van der Waals surface area contributed by atoms with E-state index in [1.807, 2.05) is 5.32 Å². The SMILES string of the molecule is O=C(Nc1ccc2oncc(=O)c2c1)C(O)(CC1(c2cccc(F)c2F)CC1)C(F)(F)F. The van der Waals surface area contributed by atoms with Crippen molar-refractivity contribution in [2.24, 2.45) is 0 Å². The van der Waals surface area contributed by atoms with E-state index in [1.165, 1.54) is 12.1 Å². The molecule has 1 amide bonds. The average molecular weight is 454 g/mol. The van der Waals surface area contributed by atoms with Gasteiger partial charge >= 0.3 is 6.18 Å². The number of hydrogen-bond acceptors (Lipinski definition) is 5. The molecule has 168 valence electrons. The predicted octanol–water partition coefficient (Wildman–Crippen LogP) is 3.82. The molecule has 1 atom stereocenters. The molecule has 2 aromatic carbocycles.